The maximum Gasteiger partial charge on any atom is 0.279 e. The maximum atomic E-state index is 12.2. The maximum absolute atomic E-state index is 12.2. The van der Waals surface area contributed by atoms with Crippen molar-refractivity contribution in [2.45, 2.75) is 19.3 Å². The molecule has 7 nitrogen and oxygen atoms in total. The molecule has 1 aromatic rings. The summed E-state index contributed by atoms with van der Waals surface area (Å²) in [6.45, 7) is 2.56. The molecule has 3 N–H and O–H groups in total. The van der Waals surface area contributed by atoms with Gasteiger partial charge in [0.15, 0.2) is 0 Å². The molecule has 2 rings (SSSR count). The zero-order chi connectivity index (χ0) is 14.4. The van der Waals surface area contributed by atoms with Gasteiger partial charge in [-0.25, -0.2) is 9.71 Å². The van der Waals surface area contributed by atoms with E-state index < -0.39 is 10.2 Å². The number of rotatable bonds is 7. The molecule has 0 radical (unpaired) electrons. The van der Waals surface area contributed by atoms with Crippen molar-refractivity contribution >= 4 is 10.2 Å². The number of aromatic amines is 1. The number of piperidine rings is 1. The molecular formula is C12H23N5O2S. The van der Waals surface area contributed by atoms with Crippen LogP contribution in [0.5, 0.6) is 0 Å². The smallest absolute Gasteiger partial charge is 0.279 e. The summed E-state index contributed by atoms with van der Waals surface area (Å²) in [7, 11) is -1.42. The van der Waals surface area contributed by atoms with E-state index in [9.17, 15) is 8.42 Å². The largest absolute Gasteiger partial charge is 0.348 e. The van der Waals surface area contributed by atoms with Gasteiger partial charge in [0.1, 0.15) is 0 Å². The third kappa shape index (κ3) is 4.27. The number of hydrogen-bond donors (Lipinski definition) is 3. The predicted molar refractivity (Wildman–Crippen MR) is 77.4 cm³/mol. The van der Waals surface area contributed by atoms with Crippen LogP contribution in [0.1, 0.15) is 18.5 Å². The number of H-pyrrole nitrogens is 1. The zero-order valence-electron chi connectivity index (χ0n) is 11.8. The monoisotopic (exact) mass is 301 g/mol. The first-order chi connectivity index (χ1) is 9.62. The van der Waals surface area contributed by atoms with Gasteiger partial charge in [-0.05, 0) is 32.4 Å². The van der Waals surface area contributed by atoms with E-state index in [2.05, 4.69) is 20.0 Å². The van der Waals surface area contributed by atoms with Crippen LogP contribution in [0.4, 0.5) is 0 Å². The highest BCUT2D eigenvalue weighted by Crippen LogP contribution is 2.18. The molecule has 1 aliphatic rings. The van der Waals surface area contributed by atoms with Crippen molar-refractivity contribution in [1.29, 1.82) is 0 Å². The first-order valence-corrected chi connectivity index (χ1v) is 8.42. The van der Waals surface area contributed by atoms with Crippen LogP contribution in [-0.4, -0.2) is 55.9 Å². The van der Waals surface area contributed by atoms with Crippen molar-refractivity contribution < 1.29 is 8.42 Å². The van der Waals surface area contributed by atoms with Crippen LogP contribution in [0.15, 0.2) is 12.5 Å². The number of aromatic nitrogens is 2. The normalized spacial score (nSPS) is 18.4. The van der Waals surface area contributed by atoms with E-state index in [1.807, 2.05) is 7.05 Å². The molecule has 0 saturated carbocycles. The van der Waals surface area contributed by atoms with E-state index in [1.54, 1.807) is 16.8 Å². The molecule has 20 heavy (non-hydrogen) atoms. The van der Waals surface area contributed by atoms with Crippen LogP contribution < -0.4 is 10.0 Å². The molecule has 1 aliphatic heterocycles. The fourth-order valence-corrected chi connectivity index (χ4v) is 3.70. The molecule has 0 atom stereocenters. The third-order valence-corrected chi connectivity index (χ3v) is 5.25. The van der Waals surface area contributed by atoms with Gasteiger partial charge in [-0.1, -0.05) is 0 Å². The van der Waals surface area contributed by atoms with Gasteiger partial charge in [0, 0.05) is 37.9 Å². The zero-order valence-corrected chi connectivity index (χ0v) is 12.6. The van der Waals surface area contributed by atoms with Gasteiger partial charge in [-0.15, -0.1) is 0 Å². The Morgan fingerprint density at radius 1 is 1.45 bits per heavy atom. The highest BCUT2D eigenvalue weighted by molar-refractivity contribution is 7.87. The van der Waals surface area contributed by atoms with E-state index in [-0.39, 0.29) is 0 Å². The van der Waals surface area contributed by atoms with Crippen molar-refractivity contribution in [3.63, 3.8) is 0 Å². The minimum atomic E-state index is -3.35. The van der Waals surface area contributed by atoms with Crippen molar-refractivity contribution in [3.8, 4) is 0 Å². The quantitative estimate of drug-likeness (QED) is 0.646. The van der Waals surface area contributed by atoms with Crippen LogP contribution in [0.3, 0.4) is 0 Å². The van der Waals surface area contributed by atoms with Crippen LogP contribution in [0.25, 0.3) is 0 Å². The fourth-order valence-electron chi connectivity index (χ4n) is 2.47. The molecule has 0 aliphatic carbocycles. The average molecular weight is 301 g/mol. The highest BCUT2D eigenvalue weighted by atomic mass is 32.2. The Hall–Kier alpha value is -0.960. The molecule has 1 fully saturated rings. The summed E-state index contributed by atoms with van der Waals surface area (Å²) in [5.74, 6) is 0.580. The van der Waals surface area contributed by atoms with Crippen molar-refractivity contribution in [3.05, 3.63) is 18.2 Å². The Balaban J connectivity index is 1.76. The van der Waals surface area contributed by atoms with Gasteiger partial charge in [0.05, 0.1) is 6.33 Å². The summed E-state index contributed by atoms with van der Waals surface area (Å²) in [4.78, 5) is 6.86. The summed E-state index contributed by atoms with van der Waals surface area (Å²) in [5, 5.41) is 3.15. The lowest BCUT2D eigenvalue weighted by Gasteiger charge is -2.31. The minimum Gasteiger partial charge on any atom is -0.348 e. The van der Waals surface area contributed by atoms with Crippen LogP contribution in [0.2, 0.25) is 0 Å². The first-order valence-electron chi connectivity index (χ1n) is 6.98. The van der Waals surface area contributed by atoms with E-state index in [0.717, 1.165) is 25.1 Å². The molecular weight excluding hydrogens is 278 g/mol. The van der Waals surface area contributed by atoms with E-state index in [4.69, 9.17) is 0 Å². The van der Waals surface area contributed by atoms with Gasteiger partial charge < -0.3 is 10.3 Å². The lowest BCUT2D eigenvalue weighted by Crippen LogP contribution is -2.46. The molecule has 1 saturated heterocycles. The Kier molecular flexibility index (Phi) is 5.53. The molecule has 1 aromatic heterocycles. The fraction of sp³-hybridized carbons (Fsp3) is 0.750. The van der Waals surface area contributed by atoms with Crippen molar-refractivity contribution in [1.82, 2.24) is 24.3 Å². The summed E-state index contributed by atoms with van der Waals surface area (Å²) in [6.07, 6.45) is 5.76. The summed E-state index contributed by atoms with van der Waals surface area (Å²) < 4.78 is 28.5. The average Bonchev–Trinajstić information content (AvgIpc) is 2.93. The summed E-state index contributed by atoms with van der Waals surface area (Å²) in [5.41, 5.74) is 0.931. The predicted octanol–water partition coefficient (Wildman–Crippen LogP) is -0.282. The second kappa shape index (κ2) is 7.16. The van der Waals surface area contributed by atoms with Crippen LogP contribution >= 0.6 is 0 Å². The summed E-state index contributed by atoms with van der Waals surface area (Å²) >= 11 is 0. The Bertz CT molecular complexity index is 480. The van der Waals surface area contributed by atoms with Gasteiger partial charge in [0.25, 0.3) is 10.2 Å². The molecule has 0 aromatic carbocycles. The van der Waals surface area contributed by atoms with Crippen LogP contribution in [0, 0.1) is 5.92 Å². The molecule has 0 spiro atoms. The van der Waals surface area contributed by atoms with Gasteiger partial charge in [-0.2, -0.15) is 12.7 Å². The van der Waals surface area contributed by atoms with Gasteiger partial charge in [0.2, 0.25) is 0 Å². The van der Waals surface area contributed by atoms with Crippen molar-refractivity contribution in [2.24, 2.45) is 5.92 Å². The first kappa shape index (κ1) is 15.4. The number of hydrogen-bond acceptors (Lipinski definition) is 4. The molecule has 114 valence electrons. The minimum absolute atomic E-state index is 0.390. The molecule has 2 heterocycles. The SMILES string of the molecule is CNCC1CCN(S(=O)(=O)NCCc2cnc[nH]2)CC1. The highest BCUT2D eigenvalue weighted by Gasteiger charge is 2.27. The number of imidazole rings is 1. The van der Waals surface area contributed by atoms with Crippen molar-refractivity contribution in [2.75, 3.05) is 33.2 Å². The Labute approximate surface area is 120 Å². The van der Waals surface area contributed by atoms with E-state index in [1.165, 1.54) is 0 Å². The van der Waals surface area contributed by atoms with E-state index >= 15 is 0 Å². The topological polar surface area (TPSA) is 90.1 Å². The number of nitrogens with one attached hydrogen (secondary N) is 3. The molecule has 0 bridgehead atoms. The van der Waals surface area contributed by atoms with Gasteiger partial charge in [-0.3, -0.25) is 0 Å². The lowest BCUT2D eigenvalue weighted by molar-refractivity contribution is 0.268. The summed E-state index contributed by atoms with van der Waals surface area (Å²) in [6, 6.07) is 0. The molecule has 8 heteroatoms. The number of nitrogens with zero attached hydrogens (tertiary/aromatic N) is 2. The molecule has 0 amide bonds. The Morgan fingerprint density at radius 2 is 2.20 bits per heavy atom. The standard InChI is InChI=1S/C12H23N5O2S/c1-13-8-11-3-6-17(7-4-11)20(18,19)16-5-2-12-9-14-10-15-12/h9-11,13,16H,2-8H2,1H3,(H,14,15). The van der Waals surface area contributed by atoms with Crippen LogP contribution in [-0.2, 0) is 16.6 Å². The molecule has 0 unspecified atom stereocenters. The third-order valence-electron chi connectivity index (χ3n) is 3.64. The van der Waals surface area contributed by atoms with E-state index in [0.29, 0.717) is 32.0 Å². The second-order valence-electron chi connectivity index (χ2n) is 5.13. The van der Waals surface area contributed by atoms with Gasteiger partial charge >= 0.3 is 0 Å². The Morgan fingerprint density at radius 3 is 2.80 bits per heavy atom. The second-order valence-corrected chi connectivity index (χ2v) is 6.88. The lowest BCUT2D eigenvalue weighted by atomic mass is 9.98.